The summed E-state index contributed by atoms with van der Waals surface area (Å²) < 4.78 is 5.18. The van der Waals surface area contributed by atoms with Crippen molar-refractivity contribution < 1.29 is 10.1 Å². The van der Waals surface area contributed by atoms with Crippen LogP contribution in [-0.4, -0.2) is 19.7 Å². The minimum absolute atomic E-state index is 0.932. The number of hydrogen-bond acceptors (Lipinski definition) is 1. The minimum atomic E-state index is 0.932. The molecule has 3 atom stereocenters. The molecule has 18 heavy (non-hydrogen) atoms. The smallest absolute Gasteiger partial charge is 0.118 e. The lowest BCUT2D eigenvalue weighted by atomic mass is 9.95. The van der Waals surface area contributed by atoms with Crippen molar-refractivity contribution in [3.05, 3.63) is 29.8 Å². The minimum Gasteiger partial charge on any atom is -0.497 e. The maximum absolute atomic E-state index is 5.18. The van der Waals surface area contributed by atoms with E-state index in [2.05, 4.69) is 29.6 Å². The number of quaternary nitrogens is 1. The van der Waals surface area contributed by atoms with Crippen LogP contribution in [0, 0.1) is 11.8 Å². The Kier molecular flexibility index (Phi) is 3.55. The zero-order valence-electron chi connectivity index (χ0n) is 11.3. The highest BCUT2D eigenvalue weighted by Gasteiger charge is 2.41. The predicted molar refractivity (Wildman–Crippen MR) is 72.7 cm³/mol. The molecule has 0 spiro atoms. The van der Waals surface area contributed by atoms with Gasteiger partial charge in [0.05, 0.1) is 19.7 Å². The molecule has 2 heteroatoms. The summed E-state index contributed by atoms with van der Waals surface area (Å²) in [5.74, 6) is 3.05. The predicted octanol–water partition coefficient (Wildman–Crippen LogP) is 1.99. The number of benzene rings is 1. The Hall–Kier alpha value is -1.02. The standard InChI is InChI=1S/C16H23NO/c1-18-15-6-3-12(4-7-15)8-9-17-16-11-13-2-5-14(16)10-13/h3-4,6-7,13-14,16-17H,2,5,8-11H2,1H3/p+1/t13-,14-,16+/m1/s1. The van der Waals surface area contributed by atoms with Crippen LogP contribution in [0.1, 0.15) is 31.2 Å². The van der Waals surface area contributed by atoms with Crippen LogP contribution in [0.15, 0.2) is 24.3 Å². The van der Waals surface area contributed by atoms with E-state index in [0.717, 1.165) is 23.6 Å². The number of ether oxygens (including phenoxy) is 1. The van der Waals surface area contributed by atoms with E-state index in [4.69, 9.17) is 4.74 Å². The molecule has 0 aliphatic heterocycles. The molecule has 0 unspecified atom stereocenters. The molecule has 2 N–H and O–H groups in total. The topological polar surface area (TPSA) is 25.8 Å². The highest BCUT2D eigenvalue weighted by atomic mass is 16.5. The van der Waals surface area contributed by atoms with Gasteiger partial charge in [-0.25, -0.2) is 0 Å². The molecule has 98 valence electrons. The van der Waals surface area contributed by atoms with Gasteiger partial charge >= 0.3 is 0 Å². The molecule has 1 aromatic carbocycles. The van der Waals surface area contributed by atoms with E-state index in [-0.39, 0.29) is 0 Å². The van der Waals surface area contributed by atoms with Crippen molar-refractivity contribution in [3.8, 4) is 5.75 Å². The van der Waals surface area contributed by atoms with Gasteiger partial charge in [-0.05, 0) is 42.9 Å². The second kappa shape index (κ2) is 5.31. The molecule has 2 aliphatic carbocycles. The highest BCUT2D eigenvalue weighted by molar-refractivity contribution is 5.27. The van der Waals surface area contributed by atoms with Gasteiger partial charge in [0.1, 0.15) is 5.75 Å². The van der Waals surface area contributed by atoms with E-state index in [1.165, 1.54) is 44.2 Å². The monoisotopic (exact) mass is 246 g/mol. The molecule has 0 radical (unpaired) electrons. The van der Waals surface area contributed by atoms with Gasteiger partial charge in [-0.2, -0.15) is 0 Å². The molecule has 2 aliphatic rings. The van der Waals surface area contributed by atoms with E-state index in [0.29, 0.717) is 0 Å². The first-order valence-corrected chi connectivity index (χ1v) is 7.31. The number of hydrogen-bond donors (Lipinski definition) is 1. The number of nitrogens with two attached hydrogens (primary N) is 1. The van der Waals surface area contributed by atoms with Crippen LogP contribution in [0.2, 0.25) is 0 Å². The van der Waals surface area contributed by atoms with Gasteiger partial charge in [-0.1, -0.05) is 12.1 Å². The first kappa shape index (κ1) is 12.0. The maximum atomic E-state index is 5.18. The fourth-order valence-corrected chi connectivity index (χ4v) is 3.84. The molecule has 2 nitrogen and oxygen atoms in total. The summed E-state index contributed by atoms with van der Waals surface area (Å²) in [5, 5.41) is 2.61. The quantitative estimate of drug-likeness (QED) is 0.845. The molecular weight excluding hydrogens is 222 g/mol. The first-order chi connectivity index (χ1) is 8.85. The Labute approximate surface area is 110 Å². The summed E-state index contributed by atoms with van der Waals surface area (Å²) in [6, 6.07) is 9.43. The molecule has 2 saturated carbocycles. The van der Waals surface area contributed by atoms with E-state index in [1.54, 1.807) is 7.11 Å². The van der Waals surface area contributed by atoms with Gasteiger partial charge in [0.15, 0.2) is 0 Å². The van der Waals surface area contributed by atoms with Crippen LogP contribution in [0.5, 0.6) is 5.75 Å². The fourth-order valence-electron chi connectivity index (χ4n) is 3.84. The molecule has 0 aromatic heterocycles. The average molecular weight is 246 g/mol. The van der Waals surface area contributed by atoms with E-state index >= 15 is 0 Å². The van der Waals surface area contributed by atoms with Gasteiger partial charge < -0.3 is 10.1 Å². The molecule has 3 rings (SSSR count). The Morgan fingerprint density at radius 1 is 1.17 bits per heavy atom. The second-order valence-electron chi connectivity index (χ2n) is 5.96. The molecule has 0 saturated heterocycles. The summed E-state index contributed by atoms with van der Waals surface area (Å²) in [6.07, 6.45) is 7.18. The van der Waals surface area contributed by atoms with Crippen molar-refractivity contribution in [2.24, 2.45) is 11.8 Å². The van der Waals surface area contributed by atoms with Gasteiger partial charge in [-0.15, -0.1) is 0 Å². The molecule has 0 amide bonds. The van der Waals surface area contributed by atoms with Crippen LogP contribution in [-0.2, 0) is 6.42 Å². The van der Waals surface area contributed by atoms with Crippen molar-refractivity contribution in [1.82, 2.24) is 0 Å². The van der Waals surface area contributed by atoms with Crippen LogP contribution < -0.4 is 10.1 Å². The van der Waals surface area contributed by atoms with E-state index in [1.807, 2.05) is 0 Å². The third-order valence-electron chi connectivity index (χ3n) is 4.85. The lowest BCUT2D eigenvalue weighted by Gasteiger charge is -2.19. The first-order valence-electron chi connectivity index (χ1n) is 7.31. The number of methoxy groups -OCH3 is 1. The molecule has 1 aromatic rings. The van der Waals surface area contributed by atoms with Gasteiger partial charge in [-0.3, -0.25) is 0 Å². The third kappa shape index (κ3) is 2.54. The zero-order valence-corrected chi connectivity index (χ0v) is 11.3. The van der Waals surface area contributed by atoms with Crippen LogP contribution in [0.25, 0.3) is 0 Å². The molecular formula is C16H24NO+. The highest BCUT2D eigenvalue weighted by Crippen LogP contribution is 2.42. The average Bonchev–Trinajstić information content (AvgIpc) is 3.02. The molecule has 2 fully saturated rings. The number of fused-ring (bicyclic) bond motifs is 2. The second-order valence-corrected chi connectivity index (χ2v) is 5.96. The summed E-state index contributed by atoms with van der Waals surface area (Å²) in [6.45, 7) is 1.24. The summed E-state index contributed by atoms with van der Waals surface area (Å²) >= 11 is 0. The zero-order chi connectivity index (χ0) is 12.4. The van der Waals surface area contributed by atoms with Crippen LogP contribution >= 0.6 is 0 Å². The maximum Gasteiger partial charge on any atom is 0.118 e. The lowest BCUT2D eigenvalue weighted by molar-refractivity contribution is -0.694. The van der Waals surface area contributed by atoms with Crippen molar-refractivity contribution in [3.63, 3.8) is 0 Å². The lowest BCUT2D eigenvalue weighted by Crippen LogP contribution is -2.91. The third-order valence-corrected chi connectivity index (χ3v) is 4.85. The van der Waals surface area contributed by atoms with Gasteiger partial charge in [0.25, 0.3) is 0 Å². The Morgan fingerprint density at radius 2 is 2.00 bits per heavy atom. The van der Waals surface area contributed by atoms with Crippen LogP contribution in [0.4, 0.5) is 0 Å². The van der Waals surface area contributed by atoms with E-state index < -0.39 is 0 Å². The van der Waals surface area contributed by atoms with Gasteiger partial charge in [0.2, 0.25) is 0 Å². The van der Waals surface area contributed by atoms with Crippen molar-refractivity contribution in [2.45, 2.75) is 38.1 Å². The fraction of sp³-hybridized carbons (Fsp3) is 0.625. The van der Waals surface area contributed by atoms with Crippen LogP contribution in [0.3, 0.4) is 0 Å². The van der Waals surface area contributed by atoms with E-state index in [9.17, 15) is 0 Å². The van der Waals surface area contributed by atoms with Crippen molar-refractivity contribution in [2.75, 3.05) is 13.7 Å². The largest absolute Gasteiger partial charge is 0.497 e. The summed E-state index contributed by atoms with van der Waals surface area (Å²) in [5.41, 5.74) is 1.43. The molecule has 2 bridgehead atoms. The van der Waals surface area contributed by atoms with Crippen molar-refractivity contribution in [1.29, 1.82) is 0 Å². The Morgan fingerprint density at radius 3 is 2.61 bits per heavy atom. The van der Waals surface area contributed by atoms with Crippen molar-refractivity contribution >= 4 is 0 Å². The van der Waals surface area contributed by atoms with Gasteiger partial charge in [0, 0.05) is 18.8 Å². The Balaban J connectivity index is 1.44. The number of rotatable bonds is 5. The normalized spacial score (nSPS) is 29.7. The summed E-state index contributed by atoms with van der Waals surface area (Å²) in [7, 11) is 1.72. The summed E-state index contributed by atoms with van der Waals surface area (Å²) in [4.78, 5) is 0. The Bertz CT molecular complexity index is 387. The SMILES string of the molecule is COc1ccc(CC[NH2+][C@H]2C[C@@H]3CC[C@@H]2C3)cc1. The molecule has 0 heterocycles.